The Labute approximate surface area is 121 Å². The summed E-state index contributed by atoms with van der Waals surface area (Å²) in [6.07, 6.45) is 8.21. The van der Waals surface area contributed by atoms with Crippen LogP contribution in [-0.4, -0.2) is 25.2 Å². The van der Waals surface area contributed by atoms with Crippen molar-refractivity contribution < 1.29 is 19.1 Å². The highest BCUT2D eigenvalue weighted by atomic mass is 16.5. The van der Waals surface area contributed by atoms with Gasteiger partial charge < -0.3 is 14.8 Å². The monoisotopic (exact) mass is 285 g/mol. The molecule has 0 aliphatic heterocycles. The smallest absolute Gasteiger partial charge is 0.407 e. The van der Waals surface area contributed by atoms with Gasteiger partial charge in [0.2, 0.25) is 0 Å². The molecule has 0 rings (SSSR count). The van der Waals surface area contributed by atoms with Crippen LogP contribution in [0.1, 0.15) is 52.9 Å². The van der Waals surface area contributed by atoms with Gasteiger partial charge in [0.1, 0.15) is 6.04 Å². The molecule has 0 fully saturated rings. The molecule has 0 aliphatic carbocycles. The van der Waals surface area contributed by atoms with E-state index >= 15 is 0 Å². The van der Waals surface area contributed by atoms with E-state index in [1.54, 1.807) is 0 Å². The number of allylic oxidation sites excluding steroid dienone is 1. The van der Waals surface area contributed by atoms with E-state index in [1.165, 1.54) is 32.6 Å². The fourth-order valence-electron chi connectivity index (χ4n) is 1.63. The van der Waals surface area contributed by atoms with E-state index in [9.17, 15) is 9.59 Å². The zero-order valence-corrected chi connectivity index (χ0v) is 13.0. The Morgan fingerprint density at radius 3 is 2.45 bits per heavy atom. The summed E-state index contributed by atoms with van der Waals surface area (Å²) < 4.78 is 9.51. The molecule has 0 aromatic carbocycles. The van der Waals surface area contributed by atoms with Crippen molar-refractivity contribution in [2.75, 3.05) is 7.11 Å². The lowest BCUT2D eigenvalue weighted by molar-refractivity contribution is -0.141. The van der Waals surface area contributed by atoms with E-state index in [-0.39, 0.29) is 5.92 Å². The number of nitrogens with one attached hydrogen (secondary N) is 1. The second-order valence-corrected chi connectivity index (χ2v) is 5.02. The summed E-state index contributed by atoms with van der Waals surface area (Å²) in [6, 6.07) is -0.702. The SMILES string of the molecule is CCCCCC/C=C\OC(=O)[C@@H](NC(=O)OC)C(C)C. The van der Waals surface area contributed by atoms with Gasteiger partial charge in [0.25, 0.3) is 0 Å². The Balaban J connectivity index is 4.07. The lowest BCUT2D eigenvalue weighted by atomic mass is 10.1. The molecule has 5 nitrogen and oxygen atoms in total. The maximum atomic E-state index is 11.8. The molecule has 0 spiro atoms. The number of rotatable bonds is 9. The van der Waals surface area contributed by atoms with Crippen LogP contribution in [0.3, 0.4) is 0 Å². The average Bonchev–Trinajstić information content (AvgIpc) is 2.42. The zero-order valence-electron chi connectivity index (χ0n) is 13.0. The van der Waals surface area contributed by atoms with Crippen LogP contribution in [0.15, 0.2) is 12.3 Å². The van der Waals surface area contributed by atoms with Crippen molar-refractivity contribution in [3.05, 3.63) is 12.3 Å². The molecule has 0 aromatic heterocycles. The van der Waals surface area contributed by atoms with Crippen molar-refractivity contribution in [1.29, 1.82) is 0 Å². The van der Waals surface area contributed by atoms with Gasteiger partial charge in [0.05, 0.1) is 13.4 Å². The number of unbranched alkanes of at least 4 members (excludes halogenated alkanes) is 4. The van der Waals surface area contributed by atoms with Gasteiger partial charge in [-0.25, -0.2) is 9.59 Å². The fraction of sp³-hybridized carbons (Fsp3) is 0.733. The van der Waals surface area contributed by atoms with Gasteiger partial charge in [-0.3, -0.25) is 0 Å². The number of hydrogen-bond acceptors (Lipinski definition) is 4. The molecule has 0 radical (unpaired) electrons. The maximum absolute atomic E-state index is 11.8. The summed E-state index contributed by atoms with van der Waals surface area (Å²) in [5, 5.41) is 2.47. The summed E-state index contributed by atoms with van der Waals surface area (Å²) in [5.74, 6) is -0.547. The lowest BCUT2D eigenvalue weighted by Crippen LogP contribution is -2.44. The highest BCUT2D eigenvalue weighted by Gasteiger charge is 2.25. The van der Waals surface area contributed by atoms with Gasteiger partial charge in [-0.1, -0.05) is 40.0 Å². The Bertz CT molecular complexity index is 313. The number of amides is 1. The van der Waals surface area contributed by atoms with Gasteiger partial charge >= 0.3 is 12.1 Å². The van der Waals surface area contributed by atoms with Gasteiger partial charge in [0.15, 0.2) is 0 Å². The van der Waals surface area contributed by atoms with Gasteiger partial charge in [-0.15, -0.1) is 0 Å². The second kappa shape index (κ2) is 11.3. The number of hydrogen-bond donors (Lipinski definition) is 1. The molecule has 1 atom stereocenters. The molecule has 0 saturated carbocycles. The minimum absolute atomic E-state index is 0.0699. The molecular formula is C15H27NO4. The van der Waals surface area contributed by atoms with E-state index < -0.39 is 18.1 Å². The minimum atomic E-state index is -0.702. The van der Waals surface area contributed by atoms with E-state index in [4.69, 9.17) is 4.74 Å². The Morgan fingerprint density at radius 1 is 1.20 bits per heavy atom. The first-order chi connectivity index (χ1) is 9.52. The van der Waals surface area contributed by atoms with Crippen molar-refractivity contribution in [1.82, 2.24) is 5.32 Å². The van der Waals surface area contributed by atoms with Crippen molar-refractivity contribution in [2.45, 2.75) is 58.9 Å². The Kier molecular flexibility index (Phi) is 10.5. The van der Waals surface area contributed by atoms with Crippen LogP contribution in [-0.2, 0) is 14.3 Å². The predicted molar refractivity (Wildman–Crippen MR) is 78.2 cm³/mol. The van der Waals surface area contributed by atoms with Crippen molar-refractivity contribution in [2.24, 2.45) is 5.92 Å². The number of alkyl carbamates (subject to hydrolysis) is 1. The van der Waals surface area contributed by atoms with Crippen molar-refractivity contribution >= 4 is 12.1 Å². The van der Waals surface area contributed by atoms with Crippen LogP contribution in [0.4, 0.5) is 4.79 Å². The number of esters is 1. The van der Waals surface area contributed by atoms with Crippen LogP contribution >= 0.6 is 0 Å². The molecule has 1 N–H and O–H groups in total. The summed E-state index contributed by atoms with van der Waals surface area (Å²) in [4.78, 5) is 23.0. The third kappa shape index (κ3) is 8.56. The quantitative estimate of drug-likeness (QED) is 0.400. The lowest BCUT2D eigenvalue weighted by Gasteiger charge is -2.18. The third-order valence-corrected chi connectivity index (χ3v) is 2.88. The fourth-order valence-corrected chi connectivity index (χ4v) is 1.63. The summed E-state index contributed by atoms with van der Waals surface area (Å²) >= 11 is 0. The van der Waals surface area contributed by atoms with Crippen LogP contribution in [0.25, 0.3) is 0 Å². The summed E-state index contributed by atoms with van der Waals surface area (Å²) in [7, 11) is 1.26. The standard InChI is InChI=1S/C15H27NO4/c1-5-6-7-8-9-10-11-20-14(17)13(12(2)3)16-15(18)19-4/h10-13H,5-9H2,1-4H3,(H,16,18)/b11-10-/t13-/m0/s1. The second-order valence-electron chi connectivity index (χ2n) is 5.02. The number of ether oxygens (including phenoxy) is 2. The molecule has 0 aromatic rings. The van der Waals surface area contributed by atoms with Crippen LogP contribution < -0.4 is 5.32 Å². The molecule has 0 saturated heterocycles. The topological polar surface area (TPSA) is 64.6 Å². The molecule has 5 heteroatoms. The largest absolute Gasteiger partial charge is 0.453 e. The highest BCUT2D eigenvalue weighted by molar-refractivity contribution is 5.81. The first-order valence-electron chi connectivity index (χ1n) is 7.22. The van der Waals surface area contributed by atoms with Crippen LogP contribution in [0, 0.1) is 5.92 Å². The normalized spacial score (nSPS) is 12.4. The minimum Gasteiger partial charge on any atom is -0.453 e. The summed E-state index contributed by atoms with van der Waals surface area (Å²) in [6.45, 7) is 5.82. The maximum Gasteiger partial charge on any atom is 0.407 e. The highest BCUT2D eigenvalue weighted by Crippen LogP contribution is 2.06. The summed E-state index contributed by atoms with van der Waals surface area (Å²) in [5.41, 5.74) is 0. The average molecular weight is 285 g/mol. The molecule has 0 bridgehead atoms. The third-order valence-electron chi connectivity index (χ3n) is 2.88. The Hall–Kier alpha value is -1.52. The predicted octanol–water partition coefficient (Wildman–Crippen LogP) is 3.39. The molecule has 0 heterocycles. The zero-order chi connectivity index (χ0) is 15.4. The van der Waals surface area contributed by atoms with E-state index in [0.29, 0.717) is 0 Å². The van der Waals surface area contributed by atoms with Crippen LogP contribution in [0.5, 0.6) is 0 Å². The molecular weight excluding hydrogens is 258 g/mol. The van der Waals surface area contributed by atoms with Gasteiger partial charge in [-0.2, -0.15) is 0 Å². The number of methoxy groups -OCH3 is 1. The number of carbonyl (C=O) groups excluding carboxylic acids is 2. The molecule has 20 heavy (non-hydrogen) atoms. The van der Waals surface area contributed by atoms with Crippen molar-refractivity contribution in [3.63, 3.8) is 0 Å². The molecule has 0 aliphatic rings. The van der Waals surface area contributed by atoms with Gasteiger partial charge in [0, 0.05) is 0 Å². The number of carbonyl (C=O) groups is 2. The van der Waals surface area contributed by atoms with E-state index in [0.717, 1.165) is 12.8 Å². The van der Waals surface area contributed by atoms with E-state index in [1.807, 2.05) is 19.9 Å². The molecule has 0 unspecified atom stereocenters. The van der Waals surface area contributed by atoms with Gasteiger partial charge in [-0.05, 0) is 24.8 Å². The first-order valence-corrected chi connectivity index (χ1v) is 7.22. The molecule has 116 valence electrons. The van der Waals surface area contributed by atoms with E-state index in [2.05, 4.69) is 17.0 Å². The molecule has 1 amide bonds. The first kappa shape index (κ1) is 18.5. The van der Waals surface area contributed by atoms with Crippen molar-refractivity contribution in [3.8, 4) is 0 Å². The Morgan fingerprint density at radius 2 is 1.90 bits per heavy atom. The van der Waals surface area contributed by atoms with Crippen LogP contribution in [0.2, 0.25) is 0 Å².